The van der Waals surface area contributed by atoms with E-state index in [4.69, 9.17) is 5.73 Å². The predicted octanol–water partition coefficient (Wildman–Crippen LogP) is 1.17. The van der Waals surface area contributed by atoms with Crippen LogP contribution in [0.2, 0.25) is 0 Å². The summed E-state index contributed by atoms with van der Waals surface area (Å²) in [7, 11) is 0. The van der Waals surface area contributed by atoms with E-state index in [1.54, 1.807) is 0 Å². The highest BCUT2D eigenvalue weighted by molar-refractivity contribution is 4.59. The number of likely N-dealkylation sites (tertiary alicyclic amines) is 1. The number of hydrogen-bond acceptors (Lipinski definition) is 2. The van der Waals surface area contributed by atoms with E-state index in [9.17, 15) is 0 Å². The quantitative estimate of drug-likeness (QED) is 0.595. The van der Waals surface area contributed by atoms with Crippen molar-refractivity contribution in [2.75, 3.05) is 19.8 Å². The van der Waals surface area contributed by atoms with Crippen molar-refractivity contribution in [3.63, 3.8) is 0 Å². The first-order chi connectivity index (χ1) is 4.93. The molecule has 0 aliphatic carbocycles. The second kappa shape index (κ2) is 4.69. The molecule has 0 saturated carbocycles. The maximum Gasteiger partial charge on any atom is 0.0455 e. The monoisotopic (exact) mass is 142 g/mol. The first-order valence-corrected chi connectivity index (χ1v) is 4.36. The molecule has 1 fully saturated rings. The Kier molecular flexibility index (Phi) is 3.76. The summed E-state index contributed by atoms with van der Waals surface area (Å²) in [4.78, 5) is 2.35. The van der Waals surface area contributed by atoms with Gasteiger partial charge < -0.3 is 5.73 Å². The molecule has 1 saturated heterocycles. The van der Waals surface area contributed by atoms with Gasteiger partial charge in [-0.15, -0.1) is 0 Å². The van der Waals surface area contributed by atoms with Crippen LogP contribution >= 0.6 is 0 Å². The molecule has 1 aliphatic rings. The molecule has 0 spiro atoms. The Morgan fingerprint density at radius 3 is 1.90 bits per heavy atom. The van der Waals surface area contributed by atoms with Crippen molar-refractivity contribution in [1.82, 2.24) is 4.90 Å². The van der Waals surface area contributed by atoms with Gasteiger partial charge in [0.1, 0.15) is 0 Å². The standard InChI is InChI=1S/C8H18N2/c9-8-10-6-4-2-1-3-5-7-10/h1-9H2. The van der Waals surface area contributed by atoms with Gasteiger partial charge in [-0.3, -0.25) is 4.90 Å². The third-order valence-corrected chi connectivity index (χ3v) is 2.21. The fourth-order valence-electron chi connectivity index (χ4n) is 1.50. The van der Waals surface area contributed by atoms with Crippen LogP contribution in [0.3, 0.4) is 0 Å². The Labute approximate surface area is 63.4 Å². The largest absolute Gasteiger partial charge is 0.318 e. The summed E-state index contributed by atoms with van der Waals surface area (Å²) in [6.45, 7) is 3.19. The summed E-state index contributed by atoms with van der Waals surface area (Å²) in [6, 6.07) is 0. The van der Waals surface area contributed by atoms with Crippen LogP contribution in [-0.4, -0.2) is 24.7 Å². The van der Waals surface area contributed by atoms with Crippen molar-refractivity contribution in [1.29, 1.82) is 0 Å². The van der Waals surface area contributed by atoms with Gasteiger partial charge in [0.2, 0.25) is 0 Å². The van der Waals surface area contributed by atoms with Crippen LogP contribution < -0.4 is 5.73 Å². The number of hydrogen-bond donors (Lipinski definition) is 1. The van der Waals surface area contributed by atoms with Gasteiger partial charge in [-0.1, -0.05) is 19.3 Å². The Hall–Kier alpha value is -0.0800. The minimum absolute atomic E-state index is 0.750. The second-order valence-corrected chi connectivity index (χ2v) is 3.07. The van der Waals surface area contributed by atoms with Gasteiger partial charge in [-0.2, -0.15) is 0 Å². The van der Waals surface area contributed by atoms with Gasteiger partial charge in [0.25, 0.3) is 0 Å². The van der Waals surface area contributed by atoms with Crippen LogP contribution in [0.1, 0.15) is 32.1 Å². The Bertz CT molecular complexity index is 75.3. The van der Waals surface area contributed by atoms with E-state index >= 15 is 0 Å². The van der Waals surface area contributed by atoms with Gasteiger partial charge >= 0.3 is 0 Å². The van der Waals surface area contributed by atoms with Crippen molar-refractivity contribution in [3.8, 4) is 0 Å². The van der Waals surface area contributed by atoms with Crippen molar-refractivity contribution < 1.29 is 0 Å². The third kappa shape index (κ3) is 2.67. The Morgan fingerprint density at radius 1 is 0.900 bits per heavy atom. The minimum atomic E-state index is 0.750. The lowest BCUT2D eigenvalue weighted by Gasteiger charge is -2.21. The molecule has 0 amide bonds. The first kappa shape index (κ1) is 8.02. The van der Waals surface area contributed by atoms with Crippen LogP contribution in [0, 0.1) is 0 Å². The summed E-state index contributed by atoms with van der Waals surface area (Å²) >= 11 is 0. The van der Waals surface area contributed by atoms with E-state index in [0.29, 0.717) is 0 Å². The van der Waals surface area contributed by atoms with E-state index in [1.165, 1.54) is 45.2 Å². The fourth-order valence-corrected chi connectivity index (χ4v) is 1.50. The van der Waals surface area contributed by atoms with Gasteiger partial charge in [-0.05, 0) is 25.9 Å². The fraction of sp³-hybridized carbons (Fsp3) is 1.00. The molecule has 0 atom stereocenters. The highest BCUT2D eigenvalue weighted by Crippen LogP contribution is 2.08. The lowest BCUT2D eigenvalue weighted by atomic mass is 10.1. The summed E-state index contributed by atoms with van der Waals surface area (Å²) in [5.41, 5.74) is 5.55. The lowest BCUT2D eigenvalue weighted by molar-refractivity contribution is 0.254. The molecular weight excluding hydrogens is 124 g/mol. The lowest BCUT2D eigenvalue weighted by Crippen LogP contribution is -2.32. The van der Waals surface area contributed by atoms with Crippen LogP contribution in [0.25, 0.3) is 0 Å². The zero-order valence-corrected chi connectivity index (χ0v) is 6.68. The highest BCUT2D eigenvalue weighted by Gasteiger charge is 2.04. The molecule has 10 heavy (non-hydrogen) atoms. The first-order valence-electron chi connectivity index (χ1n) is 4.36. The SMILES string of the molecule is NCN1CCCCCCC1. The smallest absolute Gasteiger partial charge is 0.0455 e. The molecule has 0 bridgehead atoms. The van der Waals surface area contributed by atoms with Gasteiger partial charge in [0.15, 0.2) is 0 Å². The van der Waals surface area contributed by atoms with Crippen molar-refractivity contribution in [3.05, 3.63) is 0 Å². The predicted molar refractivity (Wildman–Crippen MR) is 43.7 cm³/mol. The van der Waals surface area contributed by atoms with Crippen molar-refractivity contribution in [2.24, 2.45) is 5.73 Å². The van der Waals surface area contributed by atoms with E-state index in [-0.39, 0.29) is 0 Å². The summed E-state index contributed by atoms with van der Waals surface area (Å²) in [5.74, 6) is 0. The topological polar surface area (TPSA) is 29.3 Å². The van der Waals surface area contributed by atoms with Gasteiger partial charge in [0.05, 0.1) is 0 Å². The van der Waals surface area contributed by atoms with Crippen LogP contribution in [0.15, 0.2) is 0 Å². The van der Waals surface area contributed by atoms with Crippen LogP contribution in [0.4, 0.5) is 0 Å². The number of nitrogens with zero attached hydrogens (tertiary/aromatic N) is 1. The summed E-state index contributed by atoms with van der Waals surface area (Å²) in [5, 5.41) is 0. The van der Waals surface area contributed by atoms with E-state index in [2.05, 4.69) is 4.90 Å². The second-order valence-electron chi connectivity index (χ2n) is 3.07. The van der Waals surface area contributed by atoms with Gasteiger partial charge in [0, 0.05) is 6.67 Å². The number of rotatable bonds is 1. The van der Waals surface area contributed by atoms with E-state index in [0.717, 1.165) is 6.67 Å². The molecule has 0 aromatic rings. The molecule has 1 rings (SSSR count). The van der Waals surface area contributed by atoms with Gasteiger partial charge in [-0.25, -0.2) is 0 Å². The molecule has 2 heteroatoms. The van der Waals surface area contributed by atoms with Crippen molar-refractivity contribution >= 4 is 0 Å². The average Bonchev–Trinajstić information content (AvgIpc) is 1.87. The van der Waals surface area contributed by atoms with E-state index in [1.807, 2.05) is 0 Å². The summed E-state index contributed by atoms with van der Waals surface area (Å²) < 4.78 is 0. The molecule has 1 heterocycles. The normalized spacial score (nSPS) is 23.7. The molecule has 0 aromatic carbocycles. The molecule has 2 N–H and O–H groups in total. The number of nitrogens with two attached hydrogens (primary N) is 1. The molecule has 0 unspecified atom stereocenters. The third-order valence-electron chi connectivity index (χ3n) is 2.21. The zero-order valence-electron chi connectivity index (χ0n) is 6.68. The van der Waals surface area contributed by atoms with Crippen LogP contribution in [0.5, 0.6) is 0 Å². The highest BCUT2D eigenvalue weighted by atomic mass is 15.2. The van der Waals surface area contributed by atoms with Crippen LogP contribution in [-0.2, 0) is 0 Å². The molecule has 2 nitrogen and oxygen atoms in total. The molecular formula is C8H18N2. The average molecular weight is 142 g/mol. The molecule has 1 aliphatic heterocycles. The Morgan fingerprint density at radius 2 is 1.40 bits per heavy atom. The zero-order chi connectivity index (χ0) is 7.23. The maximum atomic E-state index is 5.55. The Balaban J connectivity index is 2.16. The maximum absolute atomic E-state index is 5.55. The van der Waals surface area contributed by atoms with Crippen molar-refractivity contribution in [2.45, 2.75) is 32.1 Å². The molecule has 60 valence electrons. The minimum Gasteiger partial charge on any atom is -0.318 e. The molecule has 0 radical (unpaired) electrons. The van der Waals surface area contributed by atoms with E-state index < -0.39 is 0 Å². The summed E-state index contributed by atoms with van der Waals surface area (Å²) in [6.07, 6.45) is 6.92. The molecule has 0 aromatic heterocycles.